The van der Waals surface area contributed by atoms with Gasteiger partial charge in [0, 0.05) is 23.9 Å². The third-order valence-electron chi connectivity index (χ3n) is 4.50. The summed E-state index contributed by atoms with van der Waals surface area (Å²) in [4.78, 5) is 16.7. The average Bonchev–Trinajstić information content (AvgIpc) is 3.02. The third kappa shape index (κ3) is 4.75. The number of aliphatic hydroxyl groups excluding tert-OH is 1. The smallest absolute Gasteiger partial charge is 0.390 e. The normalized spacial score (nSPS) is 13.0. The average molecular weight is 391 g/mol. The predicted octanol–water partition coefficient (Wildman–Crippen LogP) is 3.79. The van der Waals surface area contributed by atoms with Gasteiger partial charge in [0.05, 0.1) is 24.0 Å². The molecule has 0 unspecified atom stereocenters. The number of ketones is 1. The molecular weight excluding hydrogens is 371 g/mol. The first-order valence-electron chi connectivity index (χ1n) is 8.85. The minimum Gasteiger partial charge on any atom is -0.390 e. The molecule has 0 saturated heterocycles. The maximum atomic E-state index is 12.7. The van der Waals surface area contributed by atoms with Gasteiger partial charge in [0.25, 0.3) is 0 Å². The van der Waals surface area contributed by atoms with Crippen molar-refractivity contribution < 1.29 is 23.1 Å². The number of pyridine rings is 1. The number of carbonyl (C=O) groups is 1. The van der Waals surface area contributed by atoms with Crippen molar-refractivity contribution in [3.8, 4) is 0 Å². The highest BCUT2D eigenvalue weighted by molar-refractivity contribution is 5.85. The molecule has 0 fully saturated rings. The lowest BCUT2D eigenvalue weighted by Gasteiger charge is -2.12. The van der Waals surface area contributed by atoms with Crippen LogP contribution in [0.1, 0.15) is 36.2 Å². The Morgan fingerprint density at radius 2 is 1.96 bits per heavy atom. The van der Waals surface area contributed by atoms with Crippen LogP contribution in [0.2, 0.25) is 0 Å². The van der Waals surface area contributed by atoms with E-state index in [0.717, 1.165) is 10.2 Å². The molecule has 0 aliphatic rings. The van der Waals surface area contributed by atoms with Gasteiger partial charge in [-0.05, 0) is 17.5 Å². The number of alkyl halides is 3. The van der Waals surface area contributed by atoms with Crippen LogP contribution < -0.4 is 0 Å². The maximum absolute atomic E-state index is 12.7. The molecular formula is C20H20F3N3O2. The molecule has 0 aliphatic carbocycles. The van der Waals surface area contributed by atoms with E-state index in [1.165, 1.54) is 6.20 Å². The summed E-state index contributed by atoms with van der Waals surface area (Å²) in [6.07, 6.45) is -2.77. The summed E-state index contributed by atoms with van der Waals surface area (Å²) in [5.41, 5.74) is 1.68. The minimum atomic E-state index is -4.44. The Balaban J connectivity index is 1.79. The second-order valence-corrected chi connectivity index (χ2v) is 6.80. The molecule has 1 N–H and O–H groups in total. The molecule has 0 spiro atoms. The van der Waals surface area contributed by atoms with Crippen LogP contribution in [0, 0.1) is 0 Å². The van der Waals surface area contributed by atoms with Crippen LogP contribution in [0.5, 0.6) is 0 Å². The number of aromatic nitrogens is 3. The van der Waals surface area contributed by atoms with Crippen LogP contribution in [0.25, 0.3) is 10.9 Å². The van der Waals surface area contributed by atoms with Crippen LogP contribution in [0.4, 0.5) is 13.2 Å². The fraction of sp³-hybridized carbons (Fsp3) is 0.350. The van der Waals surface area contributed by atoms with Crippen LogP contribution in [-0.2, 0) is 24.4 Å². The predicted molar refractivity (Wildman–Crippen MR) is 97.7 cm³/mol. The Hall–Kier alpha value is -2.74. The van der Waals surface area contributed by atoms with Crippen molar-refractivity contribution in [2.24, 2.45) is 0 Å². The zero-order valence-corrected chi connectivity index (χ0v) is 15.3. The van der Waals surface area contributed by atoms with Gasteiger partial charge in [-0.3, -0.25) is 14.5 Å². The topological polar surface area (TPSA) is 68.0 Å². The number of aliphatic hydroxyl groups is 1. The lowest BCUT2D eigenvalue weighted by atomic mass is 9.94. The summed E-state index contributed by atoms with van der Waals surface area (Å²) < 4.78 is 38.9. The number of nitrogens with zero attached hydrogens (tertiary/aromatic N) is 3. The van der Waals surface area contributed by atoms with Crippen LogP contribution in [0.15, 0.2) is 42.6 Å². The molecule has 8 heteroatoms. The van der Waals surface area contributed by atoms with E-state index in [1.54, 1.807) is 6.07 Å². The van der Waals surface area contributed by atoms with E-state index in [2.05, 4.69) is 10.1 Å². The van der Waals surface area contributed by atoms with Crippen molar-refractivity contribution in [2.75, 3.05) is 0 Å². The first-order valence-corrected chi connectivity index (χ1v) is 8.85. The van der Waals surface area contributed by atoms with E-state index in [1.807, 2.05) is 37.3 Å². The molecule has 3 aromatic rings. The van der Waals surface area contributed by atoms with Gasteiger partial charge in [-0.1, -0.05) is 37.3 Å². The van der Waals surface area contributed by atoms with Crippen molar-refractivity contribution in [1.29, 1.82) is 0 Å². The summed E-state index contributed by atoms with van der Waals surface area (Å²) in [5.74, 6) is 0.0130. The highest BCUT2D eigenvalue weighted by atomic mass is 19.4. The molecule has 0 radical (unpaired) electrons. The molecule has 0 bridgehead atoms. The molecule has 0 aliphatic heterocycles. The molecule has 0 saturated carbocycles. The summed E-state index contributed by atoms with van der Waals surface area (Å²) in [6.45, 7) is 0.157. The van der Waals surface area contributed by atoms with Crippen molar-refractivity contribution in [3.05, 3.63) is 59.5 Å². The first kappa shape index (κ1) is 20.0. The van der Waals surface area contributed by atoms with Crippen molar-refractivity contribution in [2.45, 2.75) is 45.0 Å². The third-order valence-corrected chi connectivity index (χ3v) is 4.50. The van der Waals surface area contributed by atoms with Gasteiger partial charge in [0.15, 0.2) is 0 Å². The van der Waals surface area contributed by atoms with E-state index >= 15 is 0 Å². The Morgan fingerprint density at radius 1 is 1.25 bits per heavy atom. The molecule has 2 aromatic heterocycles. The monoisotopic (exact) mass is 391 g/mol. The largest absolute Gasteiger partial charge is 0.408 e. The number of hydrogen-bond donors (Lipinski definition) is 1. The fourth-order valence-corrected chi connectivity index (χ4v) is 3.26. The van der Waals surface area contributed by atoms with E-state index in [-0.39, 0.29) is 29.3 Å². The molecule has 3 rings (SSSR count). The Bertz CT molecular complexity index is 968. The summed E-state index contributed by atoms with van der Waals surface area (Å²) in [5, 5.41) is 13.7. The highest BCUT2D eigenvalue weighted by Crippen LogP contribution is 2.25. The molecule has 0 amide bonds. The lowest BCUT2D eigenvalue weighted by Crippen LogP contribution is -2.19. The Kier molecular flexibility index (Phi) is 5.79. The number of hydrogen-bond acceptors (Lipinski definition) is 4. The van der Waals surface area contributed by atoms with Gasteiger partial charge < -0.3 is 5.11 Å². The van der Waals surface area contributed by atoms with E-state index < -0.39 is 19.3 Å². The van der Waals surface area contributed by atoms with Gasteiger partial charge in [-0.25, -0.2) is 0 Å². The number of carbonyl (C=O) groups excluding carboxylic acids is 1. The first-order chi connectivity index (χ1) is 13.3. The zero-order chi connectivity index (χ0) is 20.3. The van der Waals surface area contributed by atoms with Gasteiger partial charge in [-0.15, -0.1) is 0 Å². The van der Waals surface area contributed by atoms with E-state index in [4.69, 9.17) is 0 Å². The van der Waals surface area contributed by atoms with Gasteiger partial charge in [0.2, 0.25) is 0 Å². The van der Waals surface area contributed by atoms with E-state index in [9.17, 15) is 23.1 Å². The lowest BCUT2D eigenvalue weighted by molar-refractivity contribution is -0.141. The molecule has 2 heterocycles. The fourth-order valence-electron chi connectivity index (χ4n) is 3.26. The van der Waals surface area contributed by atoms with Crippen molar-refractivity contribution >= 4 is 16.7 Å². The number of fused-ring (bicyclic) bond motifs is 1. The van der Waals surface area contributed by atoms with Crippen LogP contribution >= 0.6 is 0 Å². The quantitative estimate of drug-likeness (QED) is 0.665. The van der Waals surface area contributed by atoms with Gasteiger partial charge >= 0.3 is 6.18 Å². The number of Topliss-reactive ketones (excluding diaryl/α,β-unsaturated/α-hetero) is 1. The summed E-state index contributed by atoms with van der Waals surface area (Å²) in [6, 6.07) is 11.2. The highest BCUT2D eigenvalue weighted by Gasteiger charge is 2.30. The molecule has 1 atom stereocenters. The molecule has 28 heavy (non-hydrogen) atoms. The minimum absolute atomic E-state index is 0.0326. The van der Waals surface area contributed by atoms with Crippen LogP contribution in [0.3, 0.4) is 0 Å². The molecule has 1 aromatic carbocycles. The maximum Gasteiger partial charge on any atom is 0.408 e. The molecule has 148 valence electrons. The summed E-state index contributed by atoms with van der Waals surface area (Å²) in [7, 11) is 0. The van der Waals surface area contributed by atoms with Gasteiger partial charge in [-0.2, -0.15) is 18.3 Å². The van der Waals surface area contributed by atoms with Gasteiger partial charge in [0.1, 0.15) is 12.3 Å². The number of halogens is 3. The number of rotatable bonds is 7. The Morgan fingerprint density at radius 3 is 2.61 bits per heavy atom. The molecule has 5 nitrogen and oxygen atoms in total. The van der Waals surface area contributed by atoms with Crippen molar-refractivity contribution in [3.63, 3.8) is 0 Å². The van der Waals surface area contributed by atoms with Crippen molar-refractivity contribution in [1.82, 2.24) is 14.8 Å². The van der Waals surface area contributed by atoms with Crippen LogP contribution in [-0.4, -0.2) is 31.8 Å². The standard InChI is InChI=1S/C20H20F3N3O2/c1-13(14-5-3-2-4-6-14)7-17(28)9-16-8-15-10-24-26(12-20(21,22)23)19(15)18(11-27)25-16/h2-6,8,10,13,27H,7,9,11-12H2,1H3/t13-/m0/s1. The second kappa shape index (κ2) is 8.10. The zero-order valence-electron chi connectivity index (χ0n) is 15.3. The SMILES string of the molecule is C[C@@H](CC(=O)Cc1cc2cnn(CC(F)(F)F)c2c(CO)n1)c1ccccc1. The summed E-state index contributed by atoms with van der Waals surface area (Å²) >= 11 is 0. The number of benzene rings is 1. The van der Waals surface area contributed by atoms with E-state index in [0.29, 0.717) is 17.5 Å². The Labute approximate surface area is 159 Å². The second-order valence-electron chi connectivity index (χ2n) is 6.80.